The number of nitriles is 1. The van der Waals surface area contributed by atoms with Crippen molar-refractivity contribution in [2.75, 3.05) is 31.6 Å². The summed E-state index contributed by atoms with van der Waals surface area (Å²) in [4.78, 5) is 21.3. The number of carbonyl (C=O) groups excluding carboxylic acids is 1. The molecular formula is C27H24ClF2N7O2. The van der Waals surface area contributed by atoms with Crippen LogP contribution in [-0.2, 0) is 0 Å². The van der Waals surface area contributed by atoms with E-state index in [0.29, 0.717) is 35.2 Å². The van der Waals surface area contributed by atoms with Crippen LogP contribution in [0.2, 0.25) is 5.02 Å². The zero-order chi connectivity index (χ0) is 27.4. The van der Waals surface area contributed by atoms with E-state index in [-0.39, 0.29) is 27.9 Å². The van der Waals surface area contributed by atoms with Gasteiger partial charge in [-0.15, -0.1) is 0 Å². The molecule has 1 fully saturated rings. The van der Waals surface area contributed by atoms with Crippen LogP contribution in [0.15, 0.2) is 48.9 Å². The van der Waals surface area contributed by atoms with Crippen LogP contribution in [0.25, 0.3) is 16.9 Å². The minimum absolute atomic E-state index is 0.0376. The van der Waals surface area contributed by atoms with E-state index in [9.17, 15) is 13.6 Å². The first-order valence-electron chi connectivity index (χ1n) is 12.3. The summed E-state index contributed by atoms with van der Waals surface area (Å²) >= 11 is 6.43. The second-order valence-corrected chi connectivity index (χ2v) is 9.43. The molecule has 1 aliphatic heterocycles. The minimum Gasteiger partial charge on any atom is -0.476 e. The third-order valence-electron chi connectivity index (χ3n) is 6.53. The topological polar surface area (TPSA) is 116 Å². The Morgan fingerprint density at radius 1 is 1.21 bits per heavy atom. The summed E-state index contributed by atoms with van der Waals surface area (Å²) in [5, 5.41) is 18.3. The zero-order valence-corrected chi connectivity index (χ0v) is 21.4. The molecule has 3 heterocycles. The summed E-state index contributed by atoms with van der Waals surface area (Å²) in [5.41, 5.74) is 1.54. The molecular weight excluding hydrogens is 528 g/mol. The fraction of sp³-hybridized carbons (Fsp3) is 0.259. The molecule has 2 aromatic heterocycles. The van der Waals surface area contributed by atoms with Crippen LogP contribution in [0.3, 0.4) is 0 Å². The van der Waals surface area contributed by atoms with Gasteiger partial charge in [-0.05, 0) is 62.2 Å². The monoisotopic (exact) mass is 551 g/mol. The van der Waals surface area contributed by atoms with Crippen LogP contribution < -0.4 is 20.7 Å². The first kappa shape index (κ1) is 26.3. The van der Waals surface area contributed by atoms with Crippen LogP contribution in [0, 0.1) is 28.9 Å². The molecule has 0 bridgehead atoms. The van der Waals surface area contributed by atoms with E-state index >= 15 is 0 Å². The maximum absolute atomic E-state index is 14.9. The highest BCUT2D eigenvalue weighted by atomic mass is 35.5. The third-order valence-corrected chi connectivity index (χ3v) is 6.84. The van der Waals surface area contributed by atoms with E-state index < -0.39 is 18.2 Å². The summed E-state index contributed by atoms with van der Waals surface area (Å²) < 4.78 is 35.9. The van der Waals surface area contributed by atoms with Gasteiger partial charge in [0.25, 0.3) is 5.91 Å². The lowest BCUT2D eigenvalue weighted by atomic mass is 9.98. The number of hydrogen-bond acceptors (Lipinski definition) is 7. The van der Waals surface area contributed by atoms with Crippen LogP contribution >= 0.6 is 11.6 Å². The smallest absolute Gasteiger partial charge is 0.252 e. The first-order valence-corrected chi connectivity index (χ1v) is 12.7. The number of imidazole rings is 1. The summed E-state index contributed by atoms with van der Waals surface area (Å²) in [7, 11) is 0. The number of rotatable bonds is 8. The number of nitrogens with one attached hydrogen (secondary N) is 3. The lowest BCUT2D eigenvalue weighted by Gasteiger charge is -2.22. The molecule has 0 saturated carbocycles. The van der Waals surface area contributed by atoms with Crippen molar-refractivity contribution in [3.05, 3.63) is 71.1 Å². The number of anilines is 2. The van der Waals surface area contributed by atoms with Crippen molar-refractivity contribution in [2.24, 2.45) is 5.92 Å². The molecule has 0 atom stereocenters. The summed E-state index contributed by atoms with van der Waals surface area (Å²) in [6.07, 6.45) is 6.51. The van der Waals surface area contributed by atoms with Gasteiger partial charge in [0, 0.05) is 30.2 Å². The minimum atomic E-state index is -1.19. The fourth-order valence-corrected chi connectivity index (χ4v) is 4.76. The Balaban J connectivity index is 1.34. The van der Waals surface area contributed by atoms with E-state index in [1.807, 2.05) is 0 Å². The quantitative estimate of drug-likeness (QED) is 0.290. The number of amides is 1. The van der Waals surface area contributed by atoms with Crippen molar-refractivity contribution >= 4 is 34.7 Å². The second kappa shape index (κ2) is 11.6. The van der Waals surface area contributed by atoms with Gasteiger partial charge in [0.05, 0.1) is 22.5 Å². The standard InChI is InChI=1S/C27H24ClF2N7O2/c28-20-13-17(1-2-18(20)27(38)35-14-16-5-8-32-9-6-16)36-25-26-34-15-21(37(26)11-10-33-25)19-3-4-22(39-12-7-31)24(30)23(19)29/h1-4,10-11,13,15-16,32H,5-6,8-9,12,14H2,(H,33,36)(H,35,38). The first-order chi connectivity index (χ1) is 19.0. The lowest BCUT2D eigenvalue weighted by molar-refractivity contribution is 0.0944. The van der Waals surface area contributed by atoms with Gasteiger partial charge in [-0.1, -0.05) is 11.6 Å². The molecule has 200 valence electrons. The van der Waals surface area contributed by atoms with Gasteiger partial charge < -0.3 is 20.7 Å². The van der Waals surface area contributed by atoms with E-state index in [1.165, 1.54) is 24.5 Å². The van der Waals surface area contributed by atoms with Crippen LogP contribution in [0.4, 0.5) is 20.3 Å². The van der Waals surface area contributed by atoms with Gasteiger partial charge >= 0.3 is 0 Å². The van der Waals surface area contributed by atoms with Gasteiger partial charge in [0.2, 0.25) is 5.82 Å². The number of halogens is 3. The summed E-state index contributed by atoms with van der Waals surface area (Å²) in [6.45, 7) is 2.11. The highest BCUT2D eigenvalue weighted by Gasteiger charge is 2.20. The Morgan fingerprint density at radius 3 is 2.79 bits per heavy atom. The molecule has 12 heteroatoms. The van der Waals surface area contributed by atoms with Crippen molar-refractivity contribution < 1.29 is 18.3 Å². The third kappa shape index (κ3) is 5.62. The number of ether oxygens (including phenoxy) is 1. The number of piperidine rings is 1. The largest absolute Gasteiger partial charge is 0.476 e. The van der Waals surface area contributed by atoms with Crippen molar-refractivity contribution in [3.8, 4) is 23.1 Å². The zero-order valence-electron chi connectivity index (χ0n) is 20.7. The van der Waals surface area contributed by atoms with Crippen LogP contribution in [0.1, 0.15) is 23.2 Å². The van der Waals surface area contributed by atoms with Crippen molar-refractivity contribution in [1.82, 2.24) is 25.0 Å². The number of fused-ring (bicyclic) bond motifs is 1. The molecule has 3 N–H and O–H groups in total. The highest BCUT2D eigenvalue weighted by Crippen LogP contribution is 2.32. The Bertz CT molecular complexity index is 1560. The second-order valence-electron chi connectivity index (χ2n) is 9.02. The number of hydrogen-bond donors (Lipinski definition) is 3. The maximum Gasteiger partial charge on any atom is 0.252 e. The van der Waals surface area contributed by atoms with Crippen molar-refractivity contribution in [1.29, 1.82) is 5.26 Å². The number of benzene rings is 2. The SMILES string of the molecule is N#CCOc1ccc(-c2cnc3c(Nc4ccc(C(=O)NCC5CCNCC5)c(Cl)c4)nccn23)c(F)c1F. The van der Waals surface area contributed by atoms with E-state index in [0.717, 1.165) is 25.9 Å². The molecule has 1 saturated heterocycles. The van der Waals surface area contributed by atoms with Gasteiger partial charge in [-0.2, -0.15) is 9.65 Å². The summed E-state index contributed by atoms with van der Waals surface area (Å²) in [5.74, 6) is -2.12. The molecule has 39 heavy (non-hydrogen) atoms. The lowest BCUT2D eigenvalue weighted by Crippen LogP contribution is -2.36. The average Bonchev–Trinajstić information content (AvgIpc) is 3.38. The van der Waals surface area contributed by atoms with E-state index in [4.69, 9.17) is 21.6 Å². The molecule has 2 aromatic carbocycles. The molecule has 4 aromatic rings. The van der Waals surface area contributed by atoms with E-state index in [2.05, 4.69) is 25.9 Å². The average molecular weight is 552 g/mol. The van der Waals surface area contributed by atoms with Gasteiger partial charge in [0.1, 0.15) is 6.07 Å². The molecule has 0 radical (unpaired) electrons. The molecule has 0 unspecified atom stereocenters. The maximum atomic E-state index is 14.9. The summed E-state index contributed by atoms with van der Waals surface area (Å²) in [6, 6.07) is 9.29. The Morgan fingerprint density at radius 2 is 2.03 bits per heavy atom. The number of aromatic nitrogens is 3. The highest BCUT2D eigenvalue weighted by molar-refractivity contribution is 6.34. The Labute approximate surface area is 227 Å². The number of nitrogens with zero attached hydrogens (tertiary/aromatic N) is 4. The molecule has 1 amide bonds. The molecule has 0 aliphatic carbocycles. The Hall–Kier alpha value is -4.27. The predicted octanol–water partition coefficient (Wildman–Crippen LogP) is 4.70. The van der Waals surface area contributed by atoms with Gasteiger partial charge in [0.15, 0.2) is 29.6 Å². The molecule has 1 aliphatic rings. The van der Waals surface area contributed by atoms with Crippen molar-refractivity contribution in [3.63, 3.8) is 0 Å². The van der Waals surface area contributed by atoms with E-state index in [1.54, 1.807) is 34.9 Å². The van der Waals surface area contributed by atoms with Gasteiger partial charge in [-0.25, -0.2) is 14.4 Å². The molecule has 0 spiro atoms. The fourth-order valence-electron chi connectivity index (χ4n) is 4.49. The Kier molecular flexibility index (Phi) is 7.86. The molecule has 9 nitrogen and oxygen atoms in total. The molecule has 5 rings (SSSR count). The number of carbonyl (C=O) groups is 1. The van der Waals surface area contributed by atoms with Gasteiger partial charge in [-0.3, -0.25) is 9.20 Å². The normalized spacial score (nSPS) is 13.7. The predicted molar refractivity (Wildman–Crippen MR) is 142 cm³/mol. The van der Waals surface area contributed by atoms with Crippen LogP contribution in [0.5, 0.6) is 5.75 Å². The van der Waals surface area contributed by atoms with Crippen molar-refractivity contribution in [2.45, 2.75) is 12.8 Å². The van der Waals surface area contributed by atoms with Crippen LogP contribution in [-0.4, -0.2) is 46.5 Å².